The first-order valence-corrected chi connectivity index (χ1v) is 11.7. The van der Waals surface area contributed by atoms with Crippen molar-refractivity contribution < 1.29 is 9.59 Å². The molecule has 2 atom stereocenters. The average Bonchev–Trinajstić information content (AvgIpc) is 3.22. The molecular weight excluding hydrogens is 410 g/mol. The molecule has 4 rings (SSSR count). The molecule has 2 aromatic carbocycles. The van der Waals surface area contributed by atoms with Gasteiger partial charge in [-0.15, -0.1) is 0 Å². The van der Waals surface area contributed by atoms with Crippen molar-refractivity contribution in [3.63, 3.8) is 0 Å². The fourth-order valence-corrected chi connectivity index (χ4v) is 4.32. The Morgan fingerprint density at radius 2 is 1.85 bits per heavy atom. The van der Waals surface area contributed by atoms with Gasteiger partial charge in [-0.05, 0) is 35.2 Å². The number of nitrogens with zero attached hydrogens (tertiary/aromatic N) is 1. The second-order valence-corrected chi connectivity index (χ2v) is 9.12. The van der Waals surface area contributed by atoms with Gasteiger partial charge in [0.2, 0.25) is 5.91 Å². The highest BCUT2D eigenvalue weighted by atomic mass is 16.2. The quantitative estimate of drug-likeness (QED) is 0.369. The van der Waals surface area contributed by atoms with Crippen LogP contribution >= 0.6 is 0 Å². The van der Waals surface area contributed by atoms with Crippen molar-refractivity contribution in [3.05, 3.63) is 66.5 Å². The molecule has 2 aromatic heterocycles. The highest BCUT2D eigenvalue weighted by Crippen LogP contribution is 2.31. The van der Waals surface area contributed by atoms with Crippen molar-refractivity contribution in [2.75, 3.05) is 0 Å². The highest BCUT2D eigenvalue weighted by molar-refractivity contribution is 5.98. The fourth-order valence-electron chi connectivity index (χ4n) is 4.32. The monoisotopic (exact) mass is 441 g/mol. The van der Waals surface area contributed by atoms with Gasteiger partial charge in [-0.1, -0.05) is 64.4 Å². The number of para-hydroxylation sites is 1. The predicted octanol–water partition coefficient (Wildman–Crippen LogP) is 5.68. The van der Waals surface area contributed by atoms with Crippen LogP contribution in [0.25, 0.3) is 32.9 Å². The topological polar surface area (TPSA) is 74.8 Å². The molecule has 0 saturated heterocycles. The highest BCUT2D eigenvalue weighted by Gasteiger charge is 2.27. The number of hydrogen-bond acceptors (Lipinski definition) is 3. The Hall–Kier alpha value is -3.47. The van der Waals surface area contributed by atoms with Gasteiger partial charge in [0.15, 0.2) is 5.78 Å². The number of ketones is 1. The van der Waals surface area contributed by atoms with Crippen LogP contribution in [0.5, 0.6) is 0 Å². The first kappa shape index (κ1) is 22.7. The van der Waals surface area contributed by atoms with E-state index in [0.717, 1.165) is 44.9 Å². The summed E-state index contributed by atoms with van der Waals surface area (Å²) >= 11 is 0. The molecule has 0 spiro atoms. The van der Waals surface area contributed by atoms with Crippen LogP contribution in [0.4, 0.5) is 0 Å². The van der Waals surface area contributed by atoms with Crippen LogP contribution in [0.3, 0.4) is 0 Å². The molecule has 0 radical (unpaired) electrons. The maximum Gasteiger partial charge on any atom is 0.225 e. The van der Waals surface area contributed by atoms with E-state index in [4.69, 9.17) is 0 Å². The van der Waals surface area contributed by atoms with Crippen molar-refractivity contribution in [1.82, 2.24) is 15.3 Å². The van der Waals surface area contributed by atoms with Gasteiger partial charge < -0.3 is 10.3 Å². The van der Waals surface area contributed by atoms with Crippen LogP contribution in [0.15, 0.2) is 60.9 Å². The lowest BCUT2D eigenvalue weighted by atomic mass is 9.90. The van der Waals surface area contributed by atoms with Gasteiger partial charge >= 0.3 is 0 Å². The van der Waals surface area contributed by atoms with E-state index in [1.54, 1.807) is 0 Å². The number of nitrogens with one attached hydrogen (secondary N) is 2. The molecule has 33 heavy (non-hydrogen) atoms. The van der Waals surface area contributed by atoms with Crippen LogP contribution < -0.4 is 5.32 Å². The van der Waals surface area contributed by atoms with Crippen molar-refractivity contribution in [2.45, 2.75) is 46.6 Å². The molecule has 5 nitrogen and oxygen atoms in total. The summed E-state index contributed by atoms with van der Waals surface area (Å²) in [6, 6.07) is 15.9. The second-order valence-electron chi connectivity index (χ2n) is 9.12. The number of rotatable bonds is 8. The van der Waals surface area contributed by atoms with Crippen molar-refractivity contribution in [3.8, 4) is 11.1 Å². The summed E-state index contributed by atoms with van der Waals surface area (Å²) in [5, 5.41) is 5.11. The minimum absolute atomic E-state index is 0.0855. The molecule has 4 aromatic rings. The molecule has 0 fully saturated rings. The smallest absolute Gasteiger partial charge is 0.225 e. The lowest BCUT2D eigenvalue weighted by Gasteiger charge is -2.24. The number of carbonyl (C=O) groups is 2. The van der Waals surface area contributed by atoms with Crippen LogP contribution in [-0.4, -0.2) is 27.7 Å². The SMILES string of the molecule is CC[C@H](C)[C@H](NC(=O)Cc1c[nH]c2ccc(-c3cccc4cccnc34)cc12)C(=O)C(C)C. The minimum Gasteiger partial charge on any atom is -0.361 e. The normalized spacial score (nSPS) is 13.4. The molecule has 5 heteroatoms. The molecule has 0 aliphatic rings. The number of aromatic amines is 1. The Labute approximate surface area is 194 Å². The van der Waals surface area contributed by atoms with E-state index in [9.17, 15) is 9.59 Å². The molecule has 0 aliphatic carbocycles. The number of hydrogen-bond donors (Lipinski definition) is 2. The van der Waals surface area contributed by atoms with Crippen LogP contribution in [0.2, 0.25) is 0 Å². The molecule has 0 saturated carbocycles. The number of pyridine rings is 1. The summed E-state index contributed by atoms with van der Waals surface area (Å²) < 4.78 is 0. The number of amides is 1. The minimum atomic E-state index is -0.454. The molecular formula is C28H31N3O2. The molecule has 1 amide bonds. The van der Waals surface area contributed by atoms with Gasteiger partial charge in [0, 0.05) is 40.2 Å². The lowest BCUT2D eigenvalue weighted by molar-refractivity contribution is -0.130. The van der Waals surface area contributed by atoms with E-state index in [1.807, 2.05) is 58.3 Å². The molecule has 2 heterocycles. The Balaban J connectivity index is 1.63. The predicted molar refractivity (Wildman–Crippen MR) is 134 cm³/mol. The van der Waals surface area contributed by atoms with E-state index in [-0.39, 0.29) is 29.9 Å². The third-order valence-corrected chi connectivity index (χ3v) is 6.47. The zero-order valence-corrected chi connectivity index (χ0v) is 19.7. The van der Waals surface area contributed by atoms with Gasteiger partial charge in [-0.2, -0.15) is 0 Å². The van der Waals surface area contributed by atoms with E-state index in [2.05, 4.69) is 45.6 Å². The van der Waals surface area contributed by atoms with Crippen LogP contribution in [0.1, 0.15) is 39.7 Å². The zero-order chi connectivity index (χ0) is 23.5. The van der Waals surface area contributed by atoms with Crippen molar-refractivity contribution in [2.24, 2.45) is 11.8 Å². The molecule has 0 aliphatic heterocycles. The van der Waals surface area contributed by atoms with E-state index < -0.39 is 6.04 Å². The Kier molecular flexibility index (Phi) is 6.59. The molecule has 0 unspecified atom stereocenters. The van der Waals surface area contributed by atoms with Crippen molar-refractivity contribution >= 4 is 33.5 Å². The number of fused-ring (bicyclic) bond motifs is 2. The zero-order valence-electron chi connectivity index (χ0n) is 19.7. The van der Waals surface area contributed by atoms with Gasteiger partial charge in [0.1, 0.15) is 0 Å². The average molecular weight is 442 g/mol. The van der Waals surface area contributed by atoms with Crippen molar-refractivity contribution in [1.29, 1.82) is 0 Å². The summed E-state index contributed by atoms with van der Waals surface area (Å²) in [6.45, 7) is 7.82. The fraction of sp³-hybridized carbons (Fsp3) is 0.321. The molecule has 170 valence electrons. The van der Waals surface area contributed by atoms with E-state index in [1.165, 1.54) is 0 Å². The third kappa shape index (κ3) is 4.68. The molecule has 2 N–H and O–H groups in total. The van der Waals surface area contributed by atoms with Gasteiger partial charge in [0.25, 0.3) is 0 Å². The van der Waals surface area contributed by atoms with Gasteiger partial charge in [-0.3, -0.25) is 14.6 Å². The van der Waals surface area contributed by atoms with Crippen LogP contribution in [0, 0.1) is 11.8 Å². The maximum atomic E-state index is 13.0. The van der Waals surface area contributed by atoms with E-state index in [0.29, 0.717) is 0 Å². The summed E-state index contributed by atoms with van der Waals surface area (Å²) in [4.78, 5) is 33.5. The largest absolute Gasteiger partial charge is 0.361 e. The maximum absolute atomic E-state index is 13.0. The Morgan fingerprint density at radius 1 is 1.06 bits per heavy atom. The van der Waals surface area contributed by atoms with E-state index >= 15 is 0 Å². The Bertz CT molecular complexity index is 1300. The first-order valence-electron chi connectivity index (χ1n) is 11.7. The summed E-state index contributed by atoms with van der Waals surface area (Å²) in [5.41, 5.74) is 4.97. The Morgan fingerprint density at radius 3 is 2.61 bits per heavy atom. The number of carbonyl (C=O) groups excluding carboxylic acids is 2. The number of benzene rings is 2. The first-order chi connectivity index (χ1) is 15.9. The van der Waals surface area contributed by atoms with Gasteiger partial charge in [-0.25, -0.2) is 0 Å². The number of Topliss-reactive ketones (excluding diaryl/α,β-unsaturated/α-hetero) is 1. The second kappa shape index (κ2) is 9.57. The standard InChI is InChI=1S/C28H31N3O2/c1-5-18(4)26(28(33)17(2)3)31-25(32)15-21-16-30-24-12-11-20(14-23(21)24)22-10-6-8-19-9-7-13-29-27(19)22/h6-14,16-18,26,30H,5,15H2,1-4H3,(H,31,32)/t18-,26-/m0/s1. The number of aromatic nitrogens is 2. The number of H-pyrrole nitrogens is 1. The third-order valence-electron chi connectivity index (χ3n) is 6.47. The lowest BCUT2D eigenvalue weighted by Crippen LogP contribution is -2.47. The molecule has 0 bridgehead atoms. The van der Waals surface area contributed by atoms with Crippen LogP contribution in [-0.2, 0) is 16.0 Å². The summed E-state index contributed by atoms with van der Waals surface area (Å²) in [5.74, 6) is -0.0682. The van der Waals surface area contributed by atoms with Gasteiger partial charge in [0.05, 0.1) is 18.0 Å². The summed E-state index contributed by atoms with van der Waals surface area (Å²) in [6.07, 6.45) is 4.74. The summed E-state index contributed by atoms with van der Waals surface area (Å²) in [7, 11) is 0.